The van der Waals surface area contributed by atoms with E-state index in [9.17, 15) is 9.59 Å². The molecule has 0 unspecified atom stereocenters. The molecule has 0 atom stereocenters. The van der Waals surface area contributed by atoms with Crippen molar-refractivity contribution in [2.24, 2.45) is 10.2 Å². The van der Waals surface area contributed by atoms with Gasteiger partial charge in [0.25, 0.3) is 11.8 Å². The first-order valence-electron chi connectivity index (χ1n) is 17.5. The minimum Gasteiger partial charge on any atom is -0.497 e. The van der Waals surface area contributed by atoms with Crippen LogP contribution < -0.4 is 14.5 Å². The zero-order valence-electron chi connectivity index (χ0n) is 29.6. The number of methoxy groups -OCH3 is 1. The molecule has 2 amide bonds. The van der Waals surface area contributed by atoms with Crippen LogP contribution >= 0.6 is 0 Å². The summed E-state index contributed by atoms with van der Waals surface area (Å²) >= 11 is 0. The maximum atomic E-state index is 13.9. The van der Waals surface area contributed by atoms with E-state index < -0.39 is 0 Å². The van der Waals surface area contributed by atoms with Crippen molar-refractivity contribution in [1.82, 2.24) is 19.6 Å². The molecule has 11 heteroatoms. The van der Waals surface area contributed by atoms with Crippen molar-refractivity contribution in [3.8, 4) is 17.1 Å². The average Bonchev–Trinajstić information content (AvgIpc) is 3.73. The molecule has 0 fully saturated rings. The van der Waals surface area contributed by atoms with E-state index in [0.29, 0.717) is 35.9 Å². The summed E-state index contributed by atoms with van der Waals surface area (Å²) in [5, 5.41) is 18.4. The van der Waals surface area contributed by atoms with Gasteiger partial charge in [0.15, 0.2) is 0 Å². The van der Waals surface area contributed by atoms with E-state index in [4.69, 9.17) is 14.9 Å². The molecule has 2 aliphatic rings. The first kappa shape index (κ1) is 32.8. The lowest BCUT2D eigenvalue weighted by atomic mass is 10.0. The van der Waals surface area contributed by atoms with Crippen LogP contribution in [0.15, 0.2) is 107 Å². The van der Waals surface area contributed by atoms with Crippen LogP contribution in [0.25, 0.3) is 11.4 Å². The fourth-order valence-electron chi connectivity index (χ4n) is 7.04. The summed E-state index contributed by atoms with van der Waals surface area (Å²) < 4.78 is 8.84. The standard InChI is InChI=1S/C41H38N8O3/c1-5-37-36-23-25-47(41(51)39(36)49(45-37)33-18-20-34(52-4)21-19-33)31-16-10-29(11-17-31)43-42-28-8-14-30(15-9-28)46-24-22-35-27(3)44-48(38(35)40(46)50)32-12-6-26(2)7-13-32/h6-21H,5,22-25H2,1-4H3/b43-42+. The van der Waals surface area contributed by atoms with Crippen molar-refractivity contribution in [2.45, 2.75) is 40.0 Å². The molecular weight excluding hydrogens is 653 g/mol. The lowest BCUT2D eigenvalue weighted by Crippen LogP contribution is -2.38. The number of nitrogens with zero attached hydrogens (tertiary/aromatic N) is 8. The Balaban J connectivity index is 0.966. The van der Waals surface area contributed by atoms with Crippen LogP contribution in [0.2, 0.25) is 0 Å². The molecule has 0 bridgehead atoms. The third kappa shape index (κ3) is 5.83. The van der Waals surface area contributed by atoms with E-state index in [0.717, 1.165) is 75.8 Å². The molecule has 52 heavy (non-hydrogen) atoms. The van der Waals surface area contributed by atoms with E-state index in [1.165, 1.54) is 0 Å². The Hall–Kier alpha value is -6.36. The van der Waals surface area contributed by atoms with Gasteiger partial charge in [-0.05, 0) is 118 Å². The number of amides is 2. The van der Waals surface area contributed by atoms with Crippen molar-refractivity contribution in [2.75, 3.05) is 30.0 Å². The number of rotatable bonds is 8. The van der Waals surface area contributed by atoms with Gasteiger partial charge in [0.2, 0.25) is 0 Å². The third-order valence-electron chi connectivity index (χ3n) is 9.85. The molecule has 260 valence electrons. The quantitative estimate of drug-likeness (QED) is 0.150. The second kappa shape index (κ2) is 13.4. The minimum atomic E-state index is -0.0862. The maximum absolute atomic E-state index is 13.9. The van der Waals surface area contributed by atoms with Crippen LogP contribution in [-0.2, 0) is 19.3 Å². The third-order valence-corrected chi connectivity index (χ3v) is 9.85. The summed E-state index contributed by atoms with van der Waals surface area (Å²) in [5.74, 6) is 0.585. The van der Waals surface area contributed by atoms with Gasteiger partial charge >= 0.3 is 0 Å². The van der Waals surface area contributed by atoms with Crippen LogP contribution in [0, 0.1) is 13.8 Å². The predicted octanol–water partition coefficient (Wildman–Crippen LogP) is 8.07. The number of hydrogen-bond acceptors (Lipinski definition) is 7. The molecule has 0 radical (unpaired) electrons. The Morgan fingerprint density at radius 2 is 1.08 bits per heavy atom. The van der Waals surface area contributed by atoms with Crippen LogP contribution in [0.3, 0.4) is 0 Å². The molecule has 0 saturated carbocycles. The number of anilines is 2. The minimum absolute atomic E-state index is 0.0729. The first-order valence-corrected chi connectivity index (χ1v) is 17.5. The van der Waals surface area contributed by atoms with E-state index >= 15 is 0 Å². The fourth-order valence-corrected chi connectivity index (χ4v) is 7.04. The molecule has 4 heterocycles. The summed E-state index contributed by atoms with van der Waals surface area (Å²) in [6.07, 6.45) is 2.20. The monoisotopic (exact) mass is 690 g/mol. The number of fused-ring (bicyclic) bond motifs is 2. The van der Waals surface area contributed by atoms with Gasteiger partial charge in [-0.1, -0.05) is 24.6 Å². The Kier molecular flexibility index (Phi) is 8.46. The molecule has 4 aromatic carbocycles. The van der Waals surface area contributed by atoms with E-state index in [1.54, 1.807) is 26.3 Å². The molecule has 2 aliphatic heterocycles. The van der Waals surface area contributed by atoms with Gasteiger partial charge in [-0.25, -0.2) is 9.36 Å². The summed E-state index contributed by atoms with van der Waals surface area (Å²) in [4.78, 5) is 31.4. The van der Waals surface area contributed by atoms with E-state index in [-0.39, 0.29) is 11.8 Å². The van der Waals surface area contributed by atoms with E-state index in [1.807, 2.05) is 111 Å². The second-order valence-electron chi connectivity index (χ2n) is 13.0. The first-order chi connectivity index (χ1) is 25.3. The van der Waals surface area contributed by atoms with Crippen LogP contribution in [0.4, 0.5) is 22.7 Å². The van der Waals surface area contributed by atoms with Crippen molar-refractivity contribution < 1.29 is 14.3 Å². The number of hydrogen-bond donors (Lipinski definition) is 0. The number of carbonyl (C=O) groups is 2. The maximum Gasteiger partial charge on any atom is 0.277 e. The highest BCUT2D eigenvalue weighted by molar-refractivity contribution is 6.08. The van der Waals surface area contributed by atoms with Gasteiger partial charge in [-0.3, -0.25) is 9.59 Å². The highest BCUT2D eigenvalue weighted by Gasteiger charge is 2.34. The molecule has 0 saturated heterocycles. The summed E-state index contributed by atoms with van der Waals surface area (Å²) in [7, 11) is 1.63. The predicted molar refractivity (Wildman–Crippen MR) is 200 cm³/mol. The number of aryl methyl sites for hydroxylation is 3. The van der Waals surface area contributed by atoms with Gasteiger partial charge in [-0.15, -0.1) is 0 Å². The van der Waals surface area contributed by atoms with Crippen LogP contribution in [-0.4, -0.2) is 51.6 Å². The molecule has 2 aromatic heterocycles. The SMILES string of the molecule is CCc1nn(-c2ccc(OC)cc2)c2c1CCN(c1ccc(/N=N/c3ccc(N4CCc5c(C)nn(-c6ccc(C)cc6)c5C4=O)cc3)cc1)C2=O. The largest absolute Gasteiger partial charge is 0.497 e. The number of carbonyl (C=O) groups excluding carboxylic acids is 2. The topological polar surface area (TPSA) is 110 Å². The summed E-state index contributed by atoms with van der Waals surface area (Å²) in [6, 6.07) is 30.6. The lowest BCUT2D eigenvalue weighted by Gasteiger charge is -2.28. The normalized spacial score (nSPS) is 14.2. The van der Waals surface area contributed by atoms with E-state index in [2.05, 4.69) is 17.2 Å². The van der Waals surface area contributed by atoms with Crippen LogP contribution in [0.1, 0.15) is 56.0 Å². The number of benzene rings is 4. The Labute approximate surface area is 301 Å². The fraction of sp³-hybridized carbons (Fsp3) is 0.220. The average molecular weight is 691 g/mol. The highest BCUT2D eigenvalue weighted by atomic mass is 16.5. The zero-order valence-corrected chi connectivity index (χ0v) is 29.6. The molecule has 11 nitrogen and oxygen atoms in total. The molecule has 0 N–H and O–H groups in total. The van der Waals surface area contributed by atoms with Crippen molar-refractivity contribution >= 4 is 34.6 Å². The Bertz CT molecular complexity index is 2320. The molecule has 6 aromatic rings. The van der Waals surface area contributed by atoms with Crippen molar-refractivity contribution in [3.63, 3.8) is 0 Å². The molecular formula is C41H38N8O3. The van der Waals surface area contributed by atoms with Gasteiger partial charge in [0, 0.05) is 35.6 Å². The van der Waals surface area contributed by atoms with Gasteiger partial charge in [0.1, 0.15) is 17.1 Å². The lowest BCUT2D eigenvalue weighted by molar-refractivity contribution is 0.0965. The molecule has 0 aliphatic carbocycles. The zero-order chi connectivity index (χ0) is 35.9. The highest BCUT2D eigenvalue weighted by Crippen LogP contribution is 2.32. The number of azo groups is 1. The smallest absolute Gasteiger partial charge is 0.277 e. The van der Waals surface area contributed by atoms with Crippen molar-refractivity contribution in [1.29, 1.82) is 0 Å². The van der Waals surface area contributed by atoms with Gasteiger partial charge < -0.3 is 14.5 Å². The molecule has 0 spiro atoms. The van der Waals surface area contributed by atoms with Gasteiger partial charge in [0.05, 0.1) is 41.2 Å². The van der Waals surface area contributed by atoms with Gasteiger partial charge in [-0.2, -0.15) is 20.4 Å². The van der Waals surface area contributed by atoms with Crippen molar-refractivity contribution in [3.05, 3.63) is 137 Å². The Morgan fingerprint density at radius 1 is 0.615 bits per heavy atom. The number of ether oxygens (including phenoxy) is 1. The Morgan fingerprint density at radius 3 is 1.60 bits per heavy atom. The molecule has 8 rings (SSSR count). The number of aromatic nitrogens is 4. The second-order valence-corrected chi connectivity index (χ2v) is 13.0. The van der Waals surface area contributed by atoms with Crippen LogP contribution in [0.5, 0.6) is 5.75 Å². The summed E-state index contributed by atoms with van der Waals surface area (Å²) in [5.41, 5.74) is 10.8. The summed E-state index contributed by atoms with van der Waals surface area (Å²) in [6.45, 7) is 7.20.